The largest absolute Gasteiger partial charge is 0.374 e. The van der Waals surface area contributed by atoms with Gasteiger partial charge in [-0.05, 0) is 24.1 Å². The molecule has 0 amide bonds. The van der Waals surface area contributed by atoms with Crippen LogP contribution < -0.4 is 4.90 Å². The number of anilines is 1. The molecule has 1 nitrogen and oxygen atoms in total. The van der Waals surface area contributed by atoms with Gasteiger partial charge in [0.25, 0.3) is 0 Å². The molecule has 0 unspecified atom stereocenters. The van der Waals surface area contributed by atoms with E-state index in [1.54, 1.807) is 0 Å². The molecule has 0 spiro atoms. The normalized spacial score (nSPS) is 15.3. The van der Waals surface area contributed by atoms with E-state index in [4.69, 9.17) is 0 Å². The average molecular weight is 212 g/mol. The van der Waals surface area contributed by atoms with Crippen molar-refractivity contribution in [2.24, 2.45) is 0 Å². The molecule has 58 valence electrons. The number of benzene rings is 1. The van der Waals surface area contributed by atoms with Crippen molar-refractivity contribution in [1.29, 1.82) is 0 Å². The fourth-order valence-electron chi connectivity index (χ4n) is 1.51. The fraction of sp³-hybridized carbons (Fsp3) is 0.333. The molecule has 0 fully saturated rings. The monoisotopic (exact) mass is 211 g/mol. The lowest BCUT2D eigenvalue weighted by Crippen LogP contribution is -2.12. The lowest BCUT2D eigenvalue weighted by molar-refractivity contribution is 0.956. The summed E-state index contributed by atoms with van der Waals surface area (Å²) in [5.74, 6) is 0. The van der Waals surface area contributed by atoms with Crippen molar-refractivity contribution in [2.75, 3.05) is 18.5 Å². The average Bonchev–Trinajstić information content (AvgIpc) is 2.33. The Morgan fingerprint density at radius 3 is 3.09 bits per heavy atom. The highest BCUT2D eigenvalue weighted by Crippen LogP contribution is 2.29. The van der Waals surface area contributed by atoms with Gasteiger partial charge in [-0.1, -0.05) is 22.0 Å². The minimum Gasteiger partial charge on any atom is -0.374 e. The molecule has 1 aliphatic rings. The molecule has 1 aromatic carbocycles. The van der Waals surface area contributed by atoms with Gasteiger partial charge in [-0.15, -0.1) is 0 Å². The summed E-state index contributed by atoms with van der Waals surface area (Å²) in [6.07, 6.45) is 1.19. The van der Waals surface area contributed by atoms with Crippen molar-refractivity contribution < 1.29 is 0 Å². The summed E-state index contributed by atoms with van der Waals surface area (Å²) < 4.78 is 1.17. The summed E-state index contributed by atoms with van der Waals surface area (Å²) in [6.45, 7) is 1.16. The van der Waals surface area contributed by atoms with Crippen molar-refractivity contribution in [2.45, 2.75) is 6.42 Å². The van der Waals surface area contributed by atoms with E-state index in [-0.39, 0.29) is 0 Å². The number of rotatable bonds is 0. The SMILES string of the molecule is CN1CCc2ccc(Br)cc21. The number of likely N-dealkylation sites (N-methyl/N-ethyl adjacent to an activating group) is 1. The van der Waals surface area contributed by atoms with Crippen LogP contribution in [0.1, 0.15) is 5.56 Å². The number of hydrogen-bond donors (Lipinski definition) is 0. The highest BCUT2D eigenvalue weighted by Gasteiger charge is 2.14. The second-order valence-corrected chi connectivity index (χ2v) is 3.86. The Morgan fingerprint density at radius 1 is 1.45 bits per heavy atom. The maximum Gasteiger partial charge on any atom is 0.0408 e. The van der Waals surface area contributed by atoms with Gasteiger partial charge >= 0.3 is 0 Å². The highest BCUT2D eigenvalue weighted by molar-refractivity contribution is 9.10. The molecule has 0 saturated heterocycles. The van der Waals surface area contributed by atoms with E-state index in [9.17, 15) is 0 Å². The molecule has 0 N–H and O–H groups in total. The lowest BCUT2D eigenvalue weighted by Gasteiger charge is -2.11. The van der Waals surface area contributed by atoms with E-state index in [1.165, 1.54) is 22.1 Å². The maximum absolute atomic E-state index is 3.47. The highest BCUT2D eigenvalue weighted by atomic mass is 79.9. The standard InChI is InChI=1S/C9H10BrN/c1-11-5-4-7-2-3-8(10)6-9(7)11/h2-3,6H,4-5H2,1H3. The van der Waals surface area contributed by atoms with Crippen molar-refractivity contribution >= 4 is 21.6 Å². The molecule has 0 saturated carbocycles. The van der Waals surface area contributed by atoms with Gasteiger partial charge in [0.05, 0.1) is 0 Å². The summed E-state index contributed by atoms with van der Waals surface area (Å²) >= 11 is 3.47. The molecule has 0 bridgehead atoms. The topological polar surface area (TPSA) is 3.24 Å². The third-order valence-corrected chi connectivity index (χ3v) is 2.67. The number of nitrogens with zero attached hydrogens (tertiary/aromatic N) is 1. The summed E-state index contributed by atoms with van der Waals surface area (Å²) in [6, 6.07) is 6.49. The summed E-state index contributed by atoms with van der Waals surface area (Å²) in [5, 5.41) is 0. The zero-order valence-corrected chi connectivity index (χ0v) is 8.06. The quantitative estimate of drug-likeness (QED) is 0.638. The van der Waals surface area contributed by atoms with E-state index in [2.05, 4.69) is 46.1 Å². The Kier molecular flexibility index (Phi) is 1.64. The van der Waals surface area contributed by atoms with Crippen LogP contribution in [0.5, 0.6) is 0 Å². The second kappa shape index (κ2) is 2.52. The molecular weight excluding hydrogens is 202 g/mol. The second-order valence-electron chi connectivity index (χ2n) is 2.94. The van der Waals surface area contributed by atoms with Crippen molar-refractivity contribution in [3.05, 3.63) is 28.2 Å². The van der Waals surface area contributed by atoms with Crippen LogP contribution in [0.15, 0.2) is 22.7 Å². The number of fused-ring (bicyclic) bond motifs is 1. The van der Waals surface area contributed by atoms with Crippen LogP contribution in [-0.2, 0) is 6.42 Å². The molecule has 1 aliphatic heterocycles. The van der Waals surface area contributed by atoms with Gasteiger partial charge < -0.3 is 4.90 Å². The van der Waals surface area contributed by atoms with Gasteiger partial charge in [0.15, 0.2) is 0 Å². The Hall–Kier alpha value is -0.500. The molecule has 2 rings (SSSR count). The Morgan fingerprint density at radius 2 is 2.27 bits per heavy atom. The minimum atomic E-state index is 1.16. The molecule has 1 aromatic rings. The first-order valence-electron chi connectivity index (χ1n) is 3.77. The smallest absolute Gasteiger partial charge is 0.0408 e. The predicted molar refractivity (Wildman–Crippen MR) is 51.1 cm³/mol. The van der Waals surface area contributed by atoms with Gasteiger partial charge in [0.2, 0.25) is 0 Å². The third kappa shape index (κ3) is 1.16. The third-order valence-electron chi connectivity index (χ3n) is 2.18. The predicted octanol–water partition coefficient (Wildman–Crippen LogP) is 2.44. The molecular formula is C9H10BrN. The zero-order chi connectivity index (χ0) is 7.84. The fourth-order valence-corrected chi connectivity index (χ4v) is 1.86. The van der Waals surface area contributed by atoms with E-state index >= 15 is 0 Å². The molecule has 0 radical (unpaired) electrons. The molecule has 11 heavy (non-hydrogen) atoms. The Bertz CT molecular complexity index is 283. The molecule has 0 aliphatic carbocycles. The van der Waals surface area contributed by atoms with Gasteiger partial charge in [-0.2, -0.15) is 0 Å². The first kappa shape index (κ1) is 7.17. The van der Waals surface area contributed by atoms with Gasteiger partial charge in [0.1, 0.15) is 0 Å². The number of halogens is 1. The Balaban J connectivity index is 2.52. The van der Waals surface area contributed by atoms with Crippen molar-refractivity contribution in [3.8, 4) is 0 Å². The number of hydrogen-bond acceptors (Lipinski definition) is 1. The van der Waals surface area contributed by atoms with E-state index in [0.29, 0.717) is 0 Å². The summed E-state index contributed by atoms with van der Waals surface area (Å²) in [7, 11) is 2.14. The molecule has 1 heterocycles. The van der Waals surface area contributed by atoms with Gasteiger partial charge in [0, 0.05) is 23.8 Å². The van der Waals surface area contributed by atoms with Crippen LogP contribution >= 0.6 is 15.9 Å². The van der Waals surface area contributed by atoms with Crippen LogP contribution in [0.3, 0.4) is 0 Å². The molecule has 0 aromatic heterocycles. The van der Waals surface area contributed by atoms with Crippen LogP contribution in [0.2, 0.25) is 0 Å². The zero-order valence-electron chi connectivity index (χ0n) is 6.47. The van der Waals surface area contributed by atoms with Gasteiger partial charge in [-0.25, -0.2) is 0 Å². The lowest BCUT2D eigenvalue weighted by atomic mass is 10.2. The Labute approximate surface area is 75.1 Å². The van der Waals surface area contributed by atoms with E-state index < -0.39 is 0 Å². The van der Waals surface area contributed by atoms with E-state index in [0.717, 1.165) is 6.54 Å². The first-order valence-corrected chi connectivity index (χ1v) is 4.56. The van der Waals surface area contributed by atoms with Crippen molar-refractivity contribution in [3.63, 3.8) is 0 Å². The van der Waals surface area contributed by atoms with Crippen LogP contribution in [0, 0.1) is 0 Å². The summed E-state index contributed by atoms with van der Waals surface area (Å²) in [4.78, 5) is 2.29. The van der Waals surface area contributed by atoms with Crippen molar-refractivity contribution in [1.82, 2.24) is 0 Å². The minimum absolute atomic E-state index is 1.16. The van der Waals surface area contributed by atoms with Gasteiger partial charge in [-0.3, -0.25) is 0 Å². The summed E-state index contributed by atoms with van der Waals surface area (Å²) in [5.41, 5.74) is 2.84. The van der Waals surface area contributed by atoms with Crippen LogP contribution in [0.4, 0.5) is 5.69 Å². The first-order chi connectivity index (χ1) is 5.27. The van der Waals surface area contributed by atoms with Crippen LogP contribution in [0.25, 0.3) is 0 Å². The van der Waals surface area contributed by atoms with E-state index in [1.807, 2.05) is 0 Å². The molecule has 0 atom stereocenters. The maximum atomic E-state index is 3.47. The molecule has 2 heteroatoms. The van der Waals surface area contributed by atoms with Crippen LogP contribution in [-0.4, -0.2) is 13.6 Å².